The molecule has 0 bridgehead atoms. The Kier molecular flexibility index (Phi) is 7.17. The summed E-state index contributed by atoms with van der Waals surface area (Å²) in [5.74, 6) is -0.442. The lowest BCUT2D eigenvalue weighted by atomic mass is 10.2. The van der Waals surface area contributed by atoms with Crippen LogP contribution in [0.25, 0.3) is 0 Å². The summed E-state index contributed by atoms with van der Waals surface area (Å²) < 4.78 is 27.5. The monoisotopic (exact) mass is 459 g/mol. The fraction of sp³-hybridized carbons (Fsp3) is 0.0476. The fourth-order valence-corrected chi connectivity index (χ4v) is 4.00. The van der Waals surface area contributed by atoms with Crippen LogP contribution >= 0.6 is 23.8 Å². The molecule has 0 aromatic heterocycles. The lowest BCUT2D eigenvalue weighted by Crippen LogP contribution is -2.34. The van der Waals surface area contributed by atoms with Gasteiger partial charge < -0.3 is 5.32 Å². The minimum absolute atomic E-state index is 0.0673. The van der Waals surface area contributed by atoms with E-state index in [1.54, 1.807) is 36.4 Å². The number of hydrogen-bond donors (Lipinski definition) is 3. The topological polar surface area (TPSA) is 87.3 Å². The number of anilines is 1. The Morgan fingerprint density at radius 3 is 2.20 bits per heavy atom. The first-order valence-electron chi connectivity index (χ1n) is 8.86. The predicted molar refractivity (Wildman–Crippen MR) is 122 cm³/mol. The molecule has 3 N–H and O–H groups in total. The number of hydrogen-bond acceptors (Lipinski definition) is 4. The third kappa shape index (κ3) is 5.87. The number of thiocarbonyl (C=S) groups is 1. The molecule has 30 heavy (non-hydrogen) atoms. The molecular weight excluding hydrogens is 442 g/mol. The van der Waals surface area contributed by atoms with Crippen molar-refractivity contribution in [2.75, 3.05) is 5.32 Å². The molecule has 3 aromatic rings. The lowest BCUT2D eigenvalue weighted by Gasteiger charge is -2.11. The zero-order chi connectivity index (χ0) is 21.6. The molecule has 0 aliphatic rings. The number of nitrogens with one attached hydrogen (secondary N) is 3. The van der Waals surface area contributed by atoms with Gasteiger partial charge in [-0.1, -0.05) is 54.1 Å². The van der Waals surface area contributed by atoms with E-state index in [4.69, 9.17) is 23.8 Å². The molecule has 3 aromatic carbocycles. The van der Waals surface area contributed by atoms with E-state index in [1.165, 1.54) is 12.1 Å². The number of carbonyl (C=O) groups is 1. The molecule has 0 aliphatic carbocycles. The second-order valence-corrected chi connectivity index (χ2v) is 8.81. The maximum atomic E-state index is 12.4. The summed E-state index contributed by atoms with van der Waals surface area (Å²) in [4.78, 5) is 12.4. The van der Waals surface area contributed by atoms with Gasteiger partial charge in [-0.25, -0.2) is 13.1 Å². The van der Waals surface area contributed by atoms with Gasteiger partial charge in [0.1, 0.15) is 0 Å². The summed E-state index contributed by atoms with van der Waals surface area (Å²) in [5, 5.41) is 5.76. The smallest absolute Gasteiger partial charge is 0.258 e. The van der Waals surface area contributed by atoms with Gasteiger partial charge >= 0.3 is 0 Å². The van der Waals surface area contributed by atoms with Crippen molar-refractivity contribution >= 4 is 50.5 Å². The predicted octanol–water partition coefficient (Wildman–Crippen LogP) is 3.95. The van der Waals surface area contributed by atoms with E-state index in [1.807, 2.05) is 30.3 Å². The Labute approximate surface area is 185 Å². The van der Waals surface area contributed by atoms with Crippen LogP contribution in [0.4, 0.5) is 5.69 Å². The van der Waals surface area contributed by atoms with Gasteiger partial charge in [0.05, 0.1) is 15.5 Å². The van der Waals surface area contributed by atoms with Crippen LogP contribution in [0.2, 0.25) is 5.02 Å². The average Bonchev–Trinajstić information content (AvgIpc) is 2.73. The standard InChI is InChI=1S/C21H18ClN3O3S2/c22-19-9-5-4-8-18(19)20(26)25-21(29)24-16-10-12-17(13-11-16)30(27,28)23-14-15-6-2-1-3-7-15/h1-13,23H,14H2,(H2,24,25,26,29). The molecule has 1 amide bonds. The molecule has 6 nitrogen and oxygen atoms in total. The van der Waals surface area contributed by atoms with E-state index < -0.39 is 15.9 Å². The number of benzene rings is 3. The Morgan fingerprint density at radius 2 is 1.53 bits per heavy atom. The van der Waals surface area contributed by atoms with Crippen molar-refractivity contribution in [1.29, 1.82) is 0 Å². The van der Waals surface area contributed by atoms with Crippen molar-refractivity contribution in [1.82, 2.24) is 10.0 Å². The molecule has 0 saturated carbocycles. The molecule has 0 aliphatic heterocycles. The molecule has 0 fully saturated rings. The largest absolute Gasteiger partial charge is 0.332 e. The van der Waals surface area contributed by atoms with Crippen LogP contribution in [0.3, 0.4) is 0 Å². The van der Waals surface area contributed by atoms with E-state index in [0.717, 1.165) is 5.56 Å². The van der Waals surface area contributed by atoms with Gasteiger partial charge in [-0.15, -0.1) is 0 Å². The average molecular weight is 460 g/mol. The molecule has 0 spiro atoms. The van der Waals surface area contributed by atoms with Crippen LogP contribution in [0, 0.1) is 0 Å². The third-order valence-electron chi connectivity index (χ3n) is 4.08. The van der Waals surface area contributed by atoms with Crippen molar-refractivity contribution in [3.63, 3.8) is 0 Å². The van der Waals surface area contributed by atoms with Gasteiger partial charge in [-0.05, 0) is 54.2 Å². The molecule has 0 atom stereocenters. The molecule has 0 saturated heterocycles. The second kappa shape index (κ2) is 9.82. The Morgan fingerprint density at radius 1 is 0.900 bits per heavy atom. The quantitative estimate of drug-likeness (QED) is 0.486. The highest BCUT2D eigenvalue weighted by molar-refractivity contribution is 7.89. The first kappa shape index (κ1) is 21.9. The van der Waals surface area contributed by atoms with E-state index in [-0.39, 0.29) is 16.6 Å². The molecule has 0 heterocycles. The minimum atomic E-state index is -3.66. The number of halogens is 1. The van der Waals surface area contributed by atoms with Crippen molar-refractivity contribution in [3.05, 3.63) is 95.0 Å². The number of sulfonamides is 1. The van der Waals surface area contributed by atoms with Crippen molar-refractivity contribution in [3.8, 4) is 0 Å². The van der Waals surface area contributed by atoms with Gasteiger partial charge in [-0.2, -0.15) is 0 Å². The van der Waals surface area contributed by atoms with Gasteiger partial charge in [0.2, 0.25) is 10.0 Å². The summed E-state index contributed by atoms with van der Waals surface area (Å²) in [7, 11) is -3.66. The summed E-state index contributed by atoms with van der Waals surface area (Å²) in [6.07, 6.45) is 0. The Balaban J connectivity index is 1.59. The molecule has 3 rings (SSSR count). The van der Waals surface area contributed by atoms with E-state index in [2.05, 4.69) is 15.4 Å². The van der Waals surface area contributed by atoms with Crippen LogP contribution in [-0.4, -0.2) is 19.4 Å². The van der Waals surface area contributed by atoms with Gasteiger partial charge in [0, 0.05) is 12.2 Å². The highest BCUT2D eigenvalue weighted by Gasteiger charge is 2.14. The highest BCUT2D eigenvalue weighted by Crippen LogP contribution is 2.16. The number of amides is 1. The van der Waals surface area contributed by atoms with Gasteiger partial charge in [0.15, 0.2) is 5.11 Å². The lowest BCUT2D eigenvalue weighted by molar-refractivity contribution is 0.0978. The van der Waals surface area contributed by atoms with Crippen LogP contribution in [0.5, 0.6) is 0 Å². The van der Waals surface area contributed by atoms with E-state index >= 15 is 0 Å². The van der Waals surface area contributed by atoms with Gasteiger partial charge in [-0.3, -0.25) is 10.1 Å². The summed E-state index contributed by atoms with van der Waals surface area (Å²) in [5.41, 5.74) is 1.69. The number of carbonyl (C=O) groups excluding carboxylic acids is 1. The van der Waals surface area contributed by atoms with Crippen LogP contribution in [-0.2, 0) is 16.6 Å². The molecule has 0 unspecified atom stereocenters. The zero-order valence-electron chi connectivity index (χ0n) is 15.6. The molecular formula is C21H18ClN3O3S2. The van der Waals surface area contributed by atoms with Crippen molar-refractivity contribution < 1.29 is 13.2 Å². The normalized spacial score (nSPS) is 11.0. The Bertz CT molecular complexity index is 1150. The zero-order valence-corrected chi connectivity index (χ0v) is 18.0. The van der Waals surface area contributed by atoms with Gasteiger partial charge in [0.25, 0.3) is 5.91 Å². The van der Waals surface area contributed by atoms with Crippen molar-refractivity contribution in [2.24, 2.45) is 0 Å². The SMILES string of the molecule is O=C(NC(=S)Nc1ccc(S(=O)(=O)NCc2ccccc2)cc1)c1ccccc1Cl. The van der Waals surface area contributed by atoms with Crippen LogP contribution in [0.1, 0.15) is 15.9 Å². The number of rotatable bonds is 6. The summed E-state index contributed by atoms with van der Waals surface area (Å²) in [6, 6.07) is 21.9. The maximum absolute atomic E-state index is 12.4. The highest BCUT2D eigenvalue weighted by atomic mass is 35.5. The Hall–Kier alpha value is -2.78. The van der Waals surface area contributed by atoms with Crippen LogP contribution in [0.15, 0.2) is 83.8 Å². The first-order chi connectivity index (χ1) is 14.3. The summed E-state index contributed by atoms with van der Waals surface area (Å²) >= 11 is 11.1. The fourth-order valence-electron chi connectivity index (χ4n) is 2.55. The molecule has 154 valence electrons. The maximum Gasteiger partial charge on any atom is 0.258 e. The van der Waals surface area contributed by atoms with E-state index in [0.29, 0.717) is 16.3 Å². The van der Waals surface area contributed by atoms with Crippen LogP contribution < -0.4 is 15.4 Å². The summed E-state index contributed by atoms with van der Waals surface area (Å²) in [6.45, 7) is 0.196. The first-order valence-corrected chi connectivity index (χ1v) is 11.1. The van der Waals surface area contributed by atoms with E-state index in [9.17, 15) is 13.2 Å². The second-order valence-electron chi connectivity index (χ2n) is 6.22. The minimum Gasteiger partial charge on any atom is -0.332 e. The molecule has 0 radical (unpaired) electrons. The molecule has 9 heteroatoms. The van der Waals surface area contributed by atoms with Crippen molar-refractivity contribution in [2.45, 2.75) is 11.4 Å². The third-order valence-corrected chi connectivity index (χ3v) is 6.03.